The van der Waals surface area contributed by atoms with Crippen molar-refractivity contribution in [2.45, 2.75) is 63.7 Å². The largest absolute Gasteiger partial charge is 0.481 e. The van der Waals surface area contributed by atoms with Crippen LogP contribution in [0.15, 0.2) is 42.6 Å². The van der Waals surface area contributed by atoms with Crippen molar-refractivity contribution in [3.05, 3.63) is 63.8 Å². The van der Waals surface area contributed by atoms with Gasteiger partial charge in [0, 0.05) is 49.2 Å². The first-order chi connectivity index (χ1) is 20.1. The molecule has 2 aromatic carbocycles. The molecule has 0 aliphatic carbocycles. The first-order valence-corrected chi connectivity index (χ1v) is 14.9. The summed E-state index contributed by atoms with van der Waals surface area (Å²) >= 11 is 13.1. The second-order valence-electron chi connectivity index (χ2n) is 10.7. The number of benzene rings is 2. The lowest BCUT2D eigenvalue weighted by Crippen LogP contribution is -2.40. The second kappa shape index (κ2) is 14.4. The maximum Gasteiger partial charge on any atom is 0.303 e. The lowest BCUT2D eigenvalue weighted by molar-refractivity contribution is -0.137. The molecule has 1 unspecified atom stereocenters. The first-order valence-electron chi connectivity index (χ1n) is 14.1. The average molecular weight is 619 g/mol. The zero-order valence-corrected chi connectivity index (χ0v) is 25.6. The van der Waals surface area contributed by atoms with Crippen LogP contribution in [-0.2, 0) is 32.5 Å². The van der Waals surface area contributed by atoms with Crippen LogP contribution in [0, 0.1) is 0 Å². The van der Waals surface area contributed by atoms with E-state index in [4.69, 9.17) is 37.8 Å². The first kappa shape index (κ1) is 31.8. The van der Waals surface area contributed by atoms with Gasteiger partial charge in [0.05, 0.1) is 47.6 Å². The summed E-state index contributed by atoms with van der Waals surface area (Å²) in [6.07, 6.45) is 4.32. The number of amides is 2. The highest BCUT2D eigenvalue weighted by molar-refractivity contribution is 6.37. The minimum absolute atomic E-state index is 0.00648. The lowest BCUT2D eigenvalue weighted by atomic mass is 10.1. The third kappa shape index (κ3) is 7.64. The smallest absolute Gasteiger partial charge is 0.303 e. The van der Waals surface area contributed by atoms with Gasteiger partial charge < -0.3 is 29.4 Å². The highest BCUT2D eigenvalue weighted by atomic mass is 35.5. The number of anilines is 1. The number of carboxylic acid groups (broad SMARTS) is 1. The van der Waals surface area contributed by atoms with E-state index in [1.807, 2.05) is 49.0 Å². The van der Waals surface area contributed by atoms with E-state index in [-0.39, 0.29) is 52.6 Å². The topological polar surface area (TPSA) is 110 Å². The van der Waals surface area contributed by atoms with Crippen molar-refractivity contribution >= 4 is 57.6 Å². The van der Waals surface area contributed by atoms with Gasteiger partial charge in [-0.25, -0.2) is 0 Å². The molecule has 226 valence electrons. The summed E-state index contributed by atoms with van der Waals surface area (Å²) in [7, 11) is 3.53. The molecule has 1 aliphatic rings. The molecule has 1 saturated heterocycles. The Kier molecular flexibility index (Phi) is 10.9. The number of aliphatic carboxylic acids is 1. The van der Waals surface area contributed by atoms with Gasteiger partial charge in [0.2, 0.25) is 5.91 Å². The number of hydrogen-bond acceptors (Lipinski definition) is 5. The minimum atomic E-state index is -0.822. The fraction of sp³-hybridized carbons (Fsp3) is 0.452. The normalized spacial score (nSPS) is 17.5. The predicted octanol–water partition coefficient (Wildman–Crippen LogP) is 5.95. The molecule has 0 saturated carbocycles. The number of ether oxygens (including phenoxy) is 2. The summed E-state index contributed by atoms with van der Waals surface area (Å²) < 4.78 is 13.6. The Morgan fingerprint density at radius 1 is 1.17 bits per heavy atom. The van der Waals surface area contributed by atoms with Crippen LogP contribution in [0.1, 0.15) is 54.9 Å². The van der Waals surface area contributed by atoms with Gasteiger partial charge in [-0.05, 0) is 49.4 Å². The van der Waals surface area contributed by atoms with Gasteiger partial charge in [-0.15, -0.1) is 0 Å². The molecule has 9 nitrogen and oxygen atoms in total. The molecule has 2 heterocycles. The number of nitrogens with one attached hydrogen (secondary N) is 1. The van der Waals surface area contributed by atoms with Crippen LogP contribution >= 0.6 is 23.2 Å². The van der Waals surface area contributed by atoms with Crippen LogP contribution in [-0.4, -0.2) is 70.9 Å². The molecule has 42 heavy (non-hydrogen) atoms. The number of aromatic nitrogens is 1. The Bertz CT molecular complexity index is 1440. The minimum Gasteiger partial charge on any atom is -0.481 e. The van der Waals surface area contributed by atoms with Crippen LogP contribution in [0.3, 0.4) is 0 Å². The van der Waals surface area contributed by atoms with Gasteiger partial charge in [-0.3, -0.25) is 14.4 Å². The summed E-state index contributed by atoms with van der Waals surface area (Å²) in [5.41, 5.74) is 2.38. The molecule has 0 bridgehead atoms. The van der Waals surface area contributed by atoms with Gasteiger partial charge in [-0.1, -0.05) is 48.3 Å². The van der Waals surface area contributed by atoms with Gasteiger partial charge >= 0.3 is 5.97 Å². The zero-order valence-electron chi connectivity index (χ0n) is 24.1. The number of rotatable bonds is 13. The van der Waals surface area contributed by atoms with Crippen LogP contribution in [0.25, 0.3) is 10.9 Å². The molecule has 1 aromatic heterocycles. The van der Waals surface area contributed by atoms with E-state index in [0.717, 1.165) is 17.3 Å². The molecule has 0 radical (unpaired) electrons. The van der Waals surface area contributed by atoms with E-state index in [0.29, 0.717) is 43.7 Å². The number of carbonyl (C=O) groups excluding carboxylic acids is 2. The van der Waals surface area contributed by atoms with Crippen LogP contribution in [0.5, 0.6) is 0 Å². The third-order valence-corrected chi connectivity index (χ3v) is 8.46. The molecular formula is C31H37Cl2N3O6. The Labute approximate surface area is 255 Å². The van der Waals surface area contributed by atoms with Gasteiger partial charge in [0.1, 0.15) is 0 Å². The summed E-state index contributed by atoms with van der Waals surface area (Å²) in [6, 6.07) is 10.6. The highest BCUT2D eigenvalue weighted by Gasteiger charge is 2.36. The van der Waals surface area contributed by atoms with E-state index in [1.54, 1.807) is 18.1 Å². The van der Waals surface area contributed by atoms with E-state index in [9.17, 15) is 14.4 Å². The average Bonchev–Trinajstić information content (AvgIpc) is 3.52. The Morgan fingerprint density at radius 2 is 1.93 bits per heavy atom. The van der Waals surface area contributed by atoms with Crippen molar-refractivity contribution in [2.75, 3.05) is 25.6 Å². The number of aryl methyl sites for hydroxylation is 1. The summed E-state index contributed by atoms with van der Waals surface area (Å²) in [4.78, 5) is 39.2. The lowest BCUT2D eigenvalue weighted by Gasteiger charge is -2.26. The molecule has 0 spiro atoms. The molecule has 3 aromatic rings. The highest BCUT2D eigenvalue weighted by Crippen LogP contribution is 2.30. The number of nitrogens with zero attached hydrogens (tertiary/aromatic N) is 2. The van der Waals surface area contributed by atoms with Gasteiger partial charge in [0.25, 0.3) is 5.91 Å². The quantitative estimate of drug-likeness (QED) is 0.245. The van der Waals surface area contributed by atoms with Crippen LogP contribution in [0.4, 0.5) is 5.69 Å². The predicted molar refractivity (Wildman–Crippen MR) is 163 cm³/mol. The number of methoxy groups -OCH3 is 1. The van der Waals surface area contributed by atoms with E-state index in [1.165, 1.54) is 6.07 Å². The number of halogens is 2. The van der Waals surface area contributed by atoms with Crippen molar-refractivity contribution in [3.8, 4) is 0 Å². The fourth-order valence-electron chi connectivity index (χ4n) is 5.43. The Morgan fingerprint density at radius 3 is 2.64 bits per heavy atom. The number of fused-ring (bicyclic) bond motifs is 1. The summed E-state index contributed by atoms with van der Waals surface area (Å²) in [6.45, 7) is 2.76. The molecule has 3 atom stereocenters. The molecular weight excluding hydrogens is 581 g/mol. The number of hydrogen-bond donors (Lipinski definition) is 2. The zero-order chi connectivity index (χ0) is 30.4. The number of likely N-dealkylation sites (tertiary alicyclic amines) is 1. The van der Waals surface area contributed by atoms with Crippen molar-refractivity contribution < 1.29 is 29.0 Å². The van der Waals surface area contributed by atoms with Crippen molar-refractivity contribution in [1.82, 2.24) is 9.47 Å². The maximum absolute atomic E-state index is 13.5. The molecule has 11 heteroatoms. The van der Waals surface area contributed by atoms with E-state index < -0.39 is 11.9 Å². The van der Waals surface area contributed by atoms with Crippen LogP contribution < -0.4 is 5.32 Å². The fourth-order valence-corrected chi connectivity index (χ4v) is 5.94. The third-order valence-electron chi connectivity index (χ3n) is 7.79. The molecule has 1 aliphatic heterocycles. The number of carbonyl (C=O) groups is 3. The Balaban J connectivity index is 1.42. The number of carboxylic acids is 1. The van der Waals surface area contributed by atoms with Crippen molar-refractivity contribution in [2.24, 2.45) is 7.05 Å². The SMILES string of the molecule is CCC(CCCC(=O)O)OC[C@@H]1C[C@H](OC)CN1C(=O)Cc1cc(Cl)c(C(=O)Nc2cn(C)c3ccccc23)cc1Cl. The van der Waals surface area contributed by atoms with E-state index in [2.05, 4.69) is 5.32 Å². The van der Waals surface area contributed by atoms with Gasteiger partial charge in [-0.2, -0.15) is 0 Å². The molecule has 1 fully saturated rings. The summed E-state index contributed by atoms with van der Waals surface area (Å²) in [5, 5.41) is 13.2. The monoisotopic (exact) mass is 617 g/mol. The van der Waals surface area contributed by atoms with Gasteiger partial charge in [0.15, 0.2) is 0 Å². The maximum atomic E-state index is 13.5. The number of para-hydroxylation sites is 1. The van der Waals surface area contributed by atoms with Crippen molar-refractivity contribution in [1.29, 1.82) is 0 Å². The molecule has 2 amide bonds. The molecule has 4 rings (SSSR count). The Hall–Kier alpha value is -3.11. The second-order valence-corrected chi connectivity index (χ2v) is 11.5. The molecule has 2 N–H and O–H groups in total. The summed E-state index contributed by atoms with van der Waals surface area (Å²) in [5.74, 6) is -1.37. The van der Waals surface area contributed by atoms with Crippen molar-refractivity contribution in [3.63, 3.8) is 0 Å². The van der Waals surface area contributed by atoms with E-state index >= 15 is 0 Å². The standard InChI is InChI=1S/C31H37Cl2N3O6/c1-4-21(8-7-11-30(38)39)42-18-20-14-22(41-3)16-36(20)29(37)13-19-12-26(33)24(15-25(19)32)31(40)34-27-17-35(2)28-10-6-5-9-23(27)28/h5-6,9-10,12,15,17,20-22H,4,7-8,11,13-14,16,18H2,1-3H3,(H,34,40)(H,38,39)/t20-,21?,22-/m0/s1. The van der Waals surface area contributed by atoms with Crippen LogP contribution in [0.2, 0.25) is 10.0 Å².